The third-order valence-electron chi connectivity index (χ3n) is 6.38. The summed E-state index contributed by atoms with van der Waals surface area (Å²) < 4.78 is 35.6. The Bertz CT molecular complexity index is 1510. The highest BCUT2D eigenvalue weighted by molar-refractivity contribution is 6.08. The van der Waals surface area contributed by atoms with E-state index in [1.54, 1.807) is 37.3 Å². The first-order valence-corrected chi connectivity index (χ1v) is 11.3. The van der Waals surface area contributed by atoms with Crippen LogP contribution in [0.3, 0.4) is 0 Å². The summed E-state index contributed by atoms with van der Waals surface area (Å²) >= 11 is 0. The molecule has 1 amide bonds. The average Bonchev–Trinajstić information content (AvgIpc) is 3.68. The lowest BCUT2D eigenvalue weighted by Crippen LogP contribution is -2.30. The van der Waals surface area contributed by atoms with Crippen molar-refractivity contribution in [3.8, 4) is 11.6 Å². The van der Waals surface area contributed by atoms with Gasteiger partial charge >= 0.3 is 0 Å². The Morgan fingerprint density at radius 1 is 1.11 bits per heavy atom. The van der Waals surface area contributed by atoms with Gasteiger partial charge in [0.15, 0.2) is 0 Å². The third kappa shape index (κ3) is 4.05. The van der Waals surface area contributed by atoms with Crippen LogP contribution in [0.2, 0.25) is 0 Å². The molecular weight excluding hydrogens is 452 g/mol. The molecule has 0 bridgehead atoms. The van der Waals surface area contributed by atoms with E-state index in [1.807, 2.05) is 0 Å². The smallest absolute Gasteiger partial charge is 0.266 e. The van der Waals surface area contributed by atoms with E-state index < -0.39 is 17.3 Å². The van der Waals surface area contributed by atoms with Crippen LogP contribution in [0.1, 0.15) is 45.9 Å². The summed E-state index contributed by atoms with van der Waals surface area (Å²) in [4.78, 5) is 30.9. The van der Waals surface area contributed by atoms with Crippen LogP contribution >= 0.6 is 0 Å². The van der Waals surface area contributed by atoms with Crippen LogP contribution in [-0.2, 0) is 6.54 Å². The topological polar surface area (TPSA) is 73.2 Å². The van der Waals surface area contributed by atoms with Crippen LogP contribution < -0.4 is 15.6 Å². The van der Waals surface area contributed by atoms with Crippen LogP contribution in [0.4, 0.5) is 8.78 Å². The first kappa shape index (κ1) is 22.7. The zero-order valence-corrected chi connectivity index (χ0v) is 19.3. The van der Waals surface area contributed by atoms with Gasteiger partial charge in [0.05, 0.1) is 29.9 Å². The van der Waals surface area contributed by atoms with Crippen LogP contribution in [0.15, 0.2) is 59.5 Å². The normalized spacial score (nSPS) is 13.1. The number of nitrogens with one attached hydrogen (secondary N) is 1. The summed E-state index contributed by atoms with van der Waals surface area (Å²) in [7, 11) is 1.47. The lowest BCUT2D eigenvalue weighted by molar-refractivity contribution is 0.0951. The summed E-state index contributed by atoms with van der Waals surface area (Å²) in [5.74, 6) is -0.962. The van der Waals surface area contributed by atoms with Gasteiger partial charge in [0.1, 0.15) is 11.6 Å². The monoisotopic (exact) mass is 475 g/mol. The number of methoxy groups -OCH3 is 1. The number of hydrogen-bond donors (Lipinski definition) is 1. The molecule has 1 aliphatic carbocycles. The Balaban J connectivity index is 1.60. The van der Waals surface area contributed by atoms with Crippen molar-refractivity contribution in [3.05, 3.63) is 99.1 Å². The van der Waals surface area contributed by atoms with Gasteiger partial charge in [-0.3, -0.25) is 14.2 Å². The van der Waals surface area contributed by atoms with E-state index in [-0.39, 0.29) is 34.6 Å². The van der Waals surface area contributed by atoms with Gasteiger partial charge < -0.3 is 10.1 Å². The summed E-state index contributed by atoms with van der Waals surface area (Å²) in [6, 6.07) is 12.2. The van der Waals surface area contributed by atoms with Gasteiger partial charge in [0.2, 0.25) is 5.88 Å². The second kappa shape index (κ2) is 8.94. The fourth-order valence-electron chi connectivity index (χ4n) is 4.57. The van der Waals surface area contributed by atoms with Crippen LogP contribution in [0, 0.1) is 18.6 Å². The van der Waals surface area contributed by atoms with Crippen LogP contribution in [0.25, 0.3) is 16.5 Å². The minimum absolute atomic E-state index is 0.113. The van der Waals surface area contributed by atoms with Gasteiger partial charge in [-0.25, -0.2) is 13.8 Å². The second-order valence-electron chi connectivity index (χ2n) is 8.59. The number of nitrogens with zero attached hydrogens (tertiary/aromatic N) is 2. The van der Waals surface area contributed by atoms with E-state index in [4.69, 9.17) is 4.74 Å². The van der Waals surface area contributed by atoms with Crippen molar-refractivity contribution in [2.24, 2.45) is 0 Å². The van der Waals surface area contributed by atoms with Crippen LogP contribution in [-0.4, -0.2) is 22.6 Å². The first-order valence-electron chi connectivity index (χ1n) is 11.3. The first-order chi connectivity index (χ1) is 16.9. The van der Waals surface area contributed by atoms with E-state index in [0.29, 0.717) is 28.4 Å². The Hall–Kier alpha value is -4.07. The molecule has 6 nitrogen and oxygen atoms in total. The number of carbonyl (C=O) groups excluding carboxylic acids is 1. The highest BCUT2D eigenvalue weighted by Crippen LogP contribution is 2.43. The number of aromatic nitrogens is 2. The molecule has 0 atom stereocenters. The highest BCUT2D eigenvalue weighted by atomic mass is 19.1. The number of halogens is 2. The fourth-order valence-corrected chi connectivity index (χ4v) is 4.57. The Morgan fingerprint density at radius 2 is 1.86 bits per heavy atom. The number of benzene rings is 2. The molecule has 1 N–H and O–H groups in total. The van der Waals surface area contributed by atoms with Gasteiger partial charge in [-0.2, -0.15) is 0 Å². The molecule has 35 heavy (non-hydrogen) atoms. The third-order valence-corrected chi connectivity index (χ3v) is 6.38. The molecule has 1 fully saturated rings. The number of ether oxygens (including phenoxy) is 1. The van der Waals surface area contributed by atoms with E-state index >= 15 is 0 Å². The summed E-state index contributed by atoms with van der Waals surface area (Å²) in [6.45, 7) is 1.74. The predicted octanol–water partition coefficient (Wildman–Crippen LogP) is 4.79. The number of hydrogen-bond acceptors (Lipinski definition) is 4. The molecule has 2 heterocycles. The maximum Gasteiger partial charge on any atom is 0.266 e. The van der Waals surface area contributed by atoms with Gasteiger partial charge in [-0.1, -0.05) is 24.3 Å². The fraction of sp³-hybridized carbons (Fsp3) is 0.222. The predicted molar refractivity (Wildman–Crippen MR) is 128 cm³/mol. The molecule has 2 aromatic heterocycles. The SMILES string of the molecule is COc1ccc(-n2c(C)c(C(=O)NCc3cccc(F)c3C3CC3)c3cccc(F)c3c2=O)cn1. The second-order valence-corrected chi connectivity index (χ2v) is 8.59. The zero-order chi connectivity index (χ0) is 24.7. The Kier molecular flexibility index (Phi) is 5.80. The molecule has 5 rings (SSSR count). The van der Waals surface area contributed by atoms with Crippen molar-refractivity contribution >= 4 is 16.7 Å². The molecule has 0 aliphatic heterocycles. The Morgan fingerprint density at radius 3 is 2.54 bits per heavy atom. The molecule has 0 spiro atoms. The van der Waals surface area contributed by atoms with Crippen molar-refractivity contribution < 1.29 is 18.3 Å². The van der Waals surface area contributed by atoms with Gasteiger partial charge in [-0.05, 0) is 55.0 Å². The average molecular weight is 475 g/mol. The molecule has 1 saturated carbocycles. The number of rotatable bonds is 6. The minimum atomic E-state index is -0.724. The number of pyridine rings is 2. The van der Waals surface area contributed by atoms with E-state index in [2.05, 4.69) is 10.3 Å². The largest absolute Gasteiger partial charge is 0.481 e. The van der Waals surface area contributed by atoms with Gasteiger partial charge in [-0.15, -0.1) is 0 Å². The molecular formula is C27H23F2N3O3. The van der Waals surface area contributed by atoms with E-state index in [9.17, 15) is 18.4 Å². The molecule has 4 aromatic rings. The number of amides is 1. The van der Waals surface area contributed by atoms with Gasteiger partial charge in [0.25, 0.3) is 11.5 Å². The van der Waals surface area contributed by atoms with Crippen LogP contribution in [0.5, 0.6) is 5.88 Å². The molecule has 0 saturated heterocycles. The van der Waals surface area contributed by atoms with Crippen molar-refractivity contribution in [2.75, 3.05) is 7.11 Å². The quantitative estimate of drug-likeness (QED) is 0.435. The summed E-state index contributed by atoms with van der Waals surface area (Å²) in [5.41, 5.74) is 1.61. The summed E-state index contributed by atoms with van der Waals surface area (Å²) in [6.07, 6.45) is 3.27. The number of fused-ring (bicyclic) bond motifs is 1. The minimum Gasteiger partial charge on any atom is -0.481 e. The molecule has 178 valence electrons. The highest BCUT2D eigenvalue weighted by Gasteiger charge is 2.29. The Labute approximate surface area is 200 Å². The van der Waals surface area contributed by atoms with E-state index in [0.717, 1.165) is 12.8 Å². The zero-order valence-electron chi connectivity index (χ0n) is 19.3. The van der Waals surface area contributed by atoms with Crippen molar-refractivity contribution in [3.63, 3.8) is 0 Å². The molecule has 1 aliphatic rings. The molecule has 8 heteroatoms. The standard InChI is InChI=1S/C27H23F2N3O3/c1-15-23(26(33)31-13-17-5-3-7-20(28)24(17)16-9-10-16)19-6-4-8-21(29)25(19)27(34)32(15)18-11-12-22(35-2)30-14-18/h3-8,11-12,14,16H,9-10,13H2,1-2H3,(H,31,33). The maximum absolute atomic E-state index is 14.9. The number of carbonyl (C=O) groups is 1. The van der Waals surface area contributed by atoms with Crippen molar-refractivity contribution in [1.82, 2.24) is 14.9 Å². The lowest BCUT2D eigenvalue weighted by Gasteiger charge is -2.18. The maximum atomic E-state index is 14.9. The van der Waals surface area contributed by atoms with Crippen molar-refractivity contribution in [2.45, 2.75) is 32.2 Å². The molecule has 0 radical (unpaired) electrons. The van der Waals surface area contributed by atoms with Gasteiger partial charge in [0, 0.05) is 23.7 Å². The van der Waals surface area contributed by atoms with Crippen molar-refractivity contribution in [1.29, 1.82) is 0 Å². The van der Waals surface area contributed by atoms with E-state index in [1.165, 1.54) is 36.1 Å². The lowest BCUT2D eigenvalue weighted by atomic mass is 10.0. The summed E-state index contributed by atoms with van der Waals surface area (Å²) in [5, 5.41) is 2.88. The molecule has 2 aromatic carbocycles. The molecule has 0 unspecified atom stereocenters.